The molecule has 0 aliphatic heterocycles. The van der Waals surface area contributed by atoms with Gasteiger partial charge in [0, 0.05) is 18.6 Å². The lowest BCUT2D eigenvalue weighted by Crippen LogP contribution is -2.54. The van der Waals surface area contributed by atoms with Gasteiger partial charge < -0.3 is 5.73 Å². The molecule has 2 rings (SSSR count). The fourth-order valence-electron chi connectivity index (χ4n) is 3.11. The van der Waals surface area contributed by atoms with Crippen LogP contribution in [-0.4, -0.2) is 31.4 Å². The van der Waals surface area contributed by atoms with E-state index in [1.807, 2.05) is 0 Å². The third-order valence-electron chi connectivity index (χ3n) is 4.21. The first-order valence-electron chi connectivity index (χ1n) is 7.05. The highest BCUT2D eigenvalue weighted by Gasteiger charge is 2.44. The molecule has 1 aliphatic carbocycles. The topological polar surface area (TPSA) is 63.4 Å². The molecule has 0 unspecified atom stereocenters. The van der Waals surface area contributed by atoms with Crippen molar-refractivity contribution in [2.24, 2.45) is 5.73 Å². The van der Waals surface area contributed by atoms with Crippen LogP contribution in [0.2, 0.25) is 0 Å². The lowest BCUT2D eigenvalue weighted by Gasteiger charge is -2.38. The summed E-state index contributed by atoms with van der Waals surface area (Å²) in [6.45, 7) is 2.20. The van der Waals surface area contributed by atoms with Crippen molar-refractivity contribution < 1.29 is 17.2 Å². The molecule has 118 valence electrons. The van der Waals surface area contributed by atoms with Crippen molar-refractivity contribution >= 4 is 10.0 Å². The van der Waals surface area contributed by atoms with Gasteiger partial charge in [-0.05, 0) is 31.0 Å². The molecule has 0 radical (unpaired) electrons. The molecule has 1 aromatic carbocycles. The largest absolute Gasteiger partial charge is 0.329 e. The molecule has 0 heterocycles. The van der Waals surface area contributed by atoms with E-state index in [2.05, 4.69) is 0 Å². The van der Waals surface area contributed by atoms with Crippen molar-refractivity contribution in [1.29, 1.82) is 0 Å². The summed E-state index contributed by atoms with van der Waals surface area (Å²) >= 11 is 0. The Bertz CT molecular complexity index is 613. The van der Waals surface area contributed by atoms with E-state index in [9.17, 15) is 17.2 Å². The first-order valence-corrected chi connectivity index (χ1v) is 8.49. The molecule has 7 heteroatoms. The Labute approximate surface area is 124 Å². The minimum Gasteiger partial charge on any atom is -0.329 e. The van der Waals surface area contributed by atoms with E-state index >= 15 is 0 Å². The number of likely N-dealkylation sites (N-methyl/N-ethyl adjacent to an activating group) is 1. The fraction of sp³-hybridized carbons (Fsp3) is 0.571. The van der Waals surface area contributed by atoms with E-state index in [1.165, 1.54) is 4.31 Å². The molecule has 0 atom stereocenters. The lowest BCUT2D eigenvalue weighted by molar-refractivity contribution is 0.205. The molecule has 1 aromatic rings. The summed E-state index contributed by atoms with van der Waals surface area (Å²) in [5.41, 5.74) is 5.22. The number of nitrogens with two attached hydrogens (primary N) is 1. The van der Waals surface area contributed by atoms with Crippen molar-refractivity contribution in [2.45, 2.75) is 43.0 Å². The fourth-order valence-corrected chi connectivity index (χ4v) is 4.97. The highest BCUT2D eigenvalue weighted by Crippen LogP contribution is 2.37. The van der Waals surface area contributed by atoms with Crippen molar-refractivity contribution in [2.75, 3.05) is 13.1 Å². The van der Waals surface area contributed by atoms with E-state index in [0.717, 1.165) is 31.0 Å². The summed E-state index contributed by atoms with van der Waals surface area (Å²) in [7, 11) is -3.90. The van der Waals surface area contributed by atoms with E-state index in [4.69, 9.17) is 5.73 Å². The summed E-state index contributed by atoms with van der Waals surface area (Å²) in [6, 6.07) is 2.65. The second kappa shape index (κ2) is 5.98. The zero-order valence-corrected chi connectivity index (χ0v) is 12.8. The minimum absolute atomic E-state index is 0.226. The zero-order valence-electron chi connectivity index (χ0n) is 12.0. The van der Waals surface area contributed by atoms with Gasteiger partial charge in [-0.3, -0.25) is 0 Å². The highest BCUT2D eigenvalue weighted by molar-refractivity contribution is 7.89. The van der Waals surface area contributed by atoms with Crippen molar-refractivity contribution in [3.8, 4) is 0 Å². The van der Waals surface area contributed by atoms with Crippen LogP contribution in [0.3, 0.4) is 0 Å². The first kappa shape index (κ1) is 16.3. The van der Waals surface area contributed by atoms with Gasteiger partial charge in [0.25, 0.3) is 0 Å². The maximum Gasteiger partial charge on any atom is 0.243 e. The zero-order chi connectivity index (χ0) is 15.7. The van der Waals surface area contributed by atoms with E-state index in [1.54, 1.807) is 6.92 Å². The van der Waals surface area contributed by atoms with E-state index in [0.29, 0.717) is 12.8 Å². The van der Waals surface area contributed by atoms with Gasteiger partial charge >= 0.3 is 0 Å². The quantitative estimate of drug-likeness (QED) is 0.905. The highest BCUT2D eigenvalue weighted by atomic mass is 32.2. The molecule has 1 saturated carbocycles. The van der Waals surface area contributed by atoms with Gasteiger partial charge in [-0.2, -0.15) is 4.31 Å². The van der Waals surface area contributed by atoms with Crippen LogP contribution < -0.4 is 5.73 Å². The Kier molecular flexibility index (Phi) is 4.65. The van der Waals surface area contributed by atoms with Crippen LogP contribution in [0.1, 0.15) is 32.6 Å². The Morgan fingerprint density at radius 1 is 1.24 bits per heavy atom. The molecule has 0 amide bonds. The molecule has 0 bridgehead atoms. The molecule has 1 aliphatic rings. The average molecular weight is 318 g/mol. The number of rotatable bonds is 5. The average Bonchev–Trinajstić information content (AvgIpc) is 2.92. The molecule has 1 fully saturated rings. The summed E-state index contributed by atoms with van der Waals surface area (Å²) in [6.07, 6.45) is 3.22. The molecular weight excluding hydrogens is 298 g/mol. The maximum absolute atomic E-state index is 13.3. The number of halogens is 2. The van der Waals surface area contributed by atoms with Gasteiger partial charge in [0.05, 0.1) is 4.90 Å². The number of nitrogens with zero attached hydrogens (tertiary/aromatic N) is 1. The standard InChI is InChI=1S/C14H20F2N2O2S/c1-2-18(14(10-17)7-3-4-8-14)21(19,20)11-5-6-12(15)13(16)9-11/h5-6,9H,2-4,7-8,10,17H2,1H3. The number of sulfonamides is 1. The number of hydrogen-bond acceptors (Lipinski definition) is 3. The van der Waals surface area contributed by atoms with Crippen LogP contribution in [-0.2, 0) is 10.0 Å². The Morgan fingerprint density at radius 2 is 1.86 bits per heavy atom. The molecule has 0 spiro atoms. The Hall–Kier alpha value is -1.05. The van der Waals surface area contributed by atoms with Crippen LogP contribution in [0.25, 0.3) is 0 Å². The first-order chi connectivity index (χ1) is 9.87. The van der Waals surface area contributed by atoms with Crippen molar-refractivity contribution in [3.05, 3.63) is 29.8 Å². The molecular formula is C14H20F2N2O2S. The summed E-state index contributed by atoms with van der Waals surface area (Å²) in [4.78, 5) is -0.233. The van der Waals surface area contributed by atoms with E-state index in [-0.39, 0.29) is 18.0 Å². The van der Waals surface area contributed by atoms with Gasteiger partial charge in [-0.1, -0.05) is 19.8 Å². The molecule has 2 N–H and O–H groups in total. The predicted octanol–water partition coefficient (Wildman–Crippen LogP) is 2.25. The second-order valence-corrected chi connectivity index (χ2v) is 7.24. The maximum atomic E-state index is 13.3. The minimum atomic E-state index is -3.90. The number of benzene rings is 1. The van der Waals surface area contributed by atoms with Crippen LogP contribution >= 0.6 is 0 Å². The smallest absolute Gasteiger partial charge is 0.243 e. The predicted molar refractivity (Wildman–Crippen MR) is 76.2 cm³/mol. The Balaban J connectivity index is 2.46. The van der Waals surface area contributed by atoms with Gasteiger partial charge in [0.1, 0.15) is 0 Å². The van der Waals surface area contributed by atoms with Gasteiger partial charge in [-0.25, -0.2) is 17.2 Å². The van der Waals surface area contributed by atoms with Crippen LogP contribution in [0.15, 0.2) is 23.1 Å². The molecule has 0 saturated heterocycles. The van der Waals surface area contributed by atoms with E-state index < -0.39 is 27.2 Å². The third kappa shape index (κ3) is 2.82. The second-order valence-electron chi connectivity index (χ2n) is 5.38. The molecule has 0 aromatic heterocycles. The van der Waals surface area contributed by atoms with Gasteiger partial charge in [0.15, 0.2) is 11.6 Å². The van der Waals surface area contributed by atoms with Crippen LogP contribution in [0, 0.1) is 11.6 Å². The van der Waals surface area contributed by atoms with Crippen LogP contribution in [0.4, 0.5) is 8.78 Å². The summed E-state index contributed by atoms with van der Waals surface area (Å²) in [5, 5.41) is 0. The molecule has 21 heavy (non-hydrogen) atoms. The van der Waals surface area contributed by atoms with Gasteiger partial charge in [0.2, 0.25) is 10.0 Å². The normalized spacial score (nSPS) is 18.3. The molecule has 4 nitrogen and oxygen atoms in total. The number of hydrogen-bond donors (Lipinski definition) is 1. The van der Waals surface area contributed by atoms with Crippen molar-refractivity contribution in [3.63, 3.8) is 0 Å². The van der Waals surface area contributed by atoms with Gasteiger partial charge in [-0.15, -0.1) is 0 Å². The lowest BCUT2D eigenvalue weighted by atomic mass is 9.98. The summed E-state index contributed by atoms with van der Waals surface area (Å²) < 4.78 is 53.2. The summed E-state index contributed by atoms with van der Waals surface area (Å²) in [5.74, 6) is -2.23. The third-order valence-corrected chi connectivity index (χ3v) is 6.28. The monoisotopic (exact) mass is 318 g/mol. The van der Waals surface area contributed by atoms with Crippen molar-refractivity contribution in [1.82, 2.24) is 4.31 Å². The SMILES string of the molecule is CCN(C1(CN)CCCC1)S(=O)(=O)c1ccc(F)c(F)c1. The van der Waals surface area contributed by atoms with Crippen LogP contribution in [0.5, 0.6) is 0 Å². The Morgan fingerprint density at radius 3 is 2.33 bits per heavy atom.